The summed E-state index contributed by atoms with van der Waals surface area (Å²) >= 11 is 0. The van der Waals surface area contributed by atoms with Crippen LogP contribution in [-0.2, 0) is 18.9 Å². The van der Waals surface area contributed by atoms with E-state index in [0.29, 0.717) is 13.1 Å². The van der Waals surface area contributed by atoms with E-state index in [1.54, 1.807) is 5.48 Å². The average molecular weight is 384 g/mol. The summed E-state index contributed by atoms with van der Waals surface area (Å²) in [6, 6.07) is 1.34. The molecule has 12 nitrogen and oxygen atoms in total. The molecule has 1 aromatic rings. The van der Waals surface area contributed by atoms with Gasteiger partial charge in [0.15, 0.2) is 24.3 Å². The van der Waals surface area contributed by atoms with Gasteiger partial charge in [0.2, 0.25) is 0 Å². The molecular formula is C15H20N4O8. The van der Waals surface area contributed by atoms with E-state index in [-0.39, 0.29) is 12.4 Å². The van der Waals surface area contributed by atoms with Gasteiger partial charge in [-0.05, 0) is 19.9 Å². The highest BCUT2D eigenvalue weighted by Crippen LogP contribution is 2.37. The first-order valence-electron chi connectivity index (χ1n) is 8.42. The van der Waals surface area contributed by atoms with Gasteiger partial charge in [-0.2, -0.15) is 4.98 Å². The maximum Gasteiger partial charge on any atom is 0.509 e. The zero-order valence-electron chi connectivity index (χ0n) is 14.7. The largest absolute Gasteiger partial charge is 0.509 e. The lowest BCUT2D eigenvalue weighted by Crippen LogP contribution is -2.36. The number of aromatic nitrogens is 2. The van der Waals surface area contributed by atoms with Gasteiger partial charge >= 0.3 is 17.9 Å². The van der Waals surface area contributed by atoms with Crippen LogP contribution in [0, 0.1) is 0 Å². The molecule has 0 bridgehead atoms. The number of carbonyl (C=O) groups is 2. The van der Waals surface area contributed by atoms with Gasteiger partial charge in [0, 0.05) is 19.3 Å². The first-order valence-corrected chi connectivity index (χ1v) is 8.42. The Balaban J connectivity index is 1.75. The molecule has 2 fully saturated rings. The van der Waals surface area contributed by atoms with Crippen LogP contribution in [0.3, 0.4) is 0 Å². The topological polar surface area (TPSA) is 141 Å². The Kier molecular flexibility index (Phi) is 5.46. The van der Waals surface area contributed by atoms with Crippen molar-refractivity contribution in [3.8, 4) is 0 Å². The molecule has 0 saturated carbocycles. The highest BCUT2D eigenvalue weighted by molar-refractivity contribution is 5.67. The molecule has 4 atom stereocenters. The molecule has 1 amide bonds. The number of amides is 1. The fraction of sp³-hybridized carbons (Fsp3) is 0.600. The lowest BCUT2D eigenvalue weighted by Gasteiger charge is -2.21. The molecule has 2 aliphatic rings. The molecule has 0 spiro atoms. The van der Waals surface area contributed by atoms with Crippen LogP contribution < -0.4 is 11.2 Å². The SMILES string of the molecule is CCN(CC)C(=O)OC[C@H]1O[C@@H](n2ccc(NO)nc2=O)[C@@H]2OC(=O)O[C@@H]21. The summed E-state index contributed by atoms with van der Waals surface area (Å²) < 4.78 is 22.3. The number of anilines is 1. The summed E-state index contributed by atoms with van der Waals surface area (Å²) in [5.41, 5.74) is 1.03. The Labute approximate surface area is 153 Å². The monoisotopic (exact) mass is 384 g/mol. The highest BCUT2D eigenvalue weighted by Gasteiger charge is 2.55. The predicted molar refractivity (Wildman–Crippen MR) is 87.2 cm³/mol. The minimum atomic E-state index is -1.01. The third-order valence-electron chi connectivity index (χ3n) is 4.36. The average Bonchev–Trinajstić information content (AvgIpc) is 3.18. The number of rotatable bonds is 6. The predicted octanol–water partition coefficient (Wildman–Crippen LogP) is 0.324. The minimum absolute atomic E-state index is 0.0461. The van der Waals surface area contributed by atoms with Gasteiger partial charge in [0.1, 0.15) is 12.7 Å². The number of carbonyl (C=O) groups excluding carboxylic acids is 2. The first-order chi connectivity index (χ1) is 13.0. The van der Waals surface area contributed by atoms with Crippen LogP contribution in [0.2, 0.25) is 0 Å². The molecule has 2 aliphatic heterocycles. The summed E-state index contributed by atoms with van der Waals surface area (Å²) in [6.45, 7) is 4.43. The van der Waals surface area contributed by atoms with Crippen molar-refractivity contribution in [2.24, 2.45) is 0 Å². The van der Waals surface area contributed by atoms with Gasteiger partial charge in [-0.25, -0.2) is 14.4 Å². The van der Waals surface area contributed by atoms with Crippen LogP contribution >= 0.6 is 0 Å². The first kappa shape index (κ1) is 18.9. The van der Waals surface area contributed by atoms with Crippen molar-refractivity contribution < 1.29 is 33.7 Å². The Bertz CT molecular complexity index is 764. The van der Waals surface area contributed by atoms with Crippen molar-refractivity contribution in [3.05, 3.63) is 22.7 Å². The molecule has 148 valence electrons. The molecule has 0 aromatic carbocycles. The zero-order valence-corrected chi connectivity index (χ0v) is 14.7. The Morgan fingerprint density at radius 1 is 1.33 bits per heavy atom. The van der Waals surface area contributed by atoms with Crippen LogP contribution in [0.1, 0.15) is 20.1 Å². The molecule has 0 unspecified atom stereocenters. The fourth-order valence-electron chi connectivity index (χ4n) is 2.98. The second-order valence-electron chi connectivity index (χ2n) is 5.84. The quantitative estimate of drug-likeness (QED) is 0.520. The normalized spacial score (nSPS) is 26.1. The van der Waals surface area contributed by atoms with Gasteiger partial charge in [-0.1, -0.05) is 0 Å². The number of hydrogen-bond donors (Lipinski definition) is 2. The van der Waals surface area contributed by atoms with Crippen LogP contribution in [-0.4, -0.2) is 69.9 Å². The maximum atomic E-state index is 12.1. The van der Waals surface area contributed by atoms with Crippen molar-refractivity contribution in [1.82, 2.24) is 14.5 Å². The number of ether oxygens (including phenoxy) is 4. The number of hydrogen-bond acceptors (Lipinski definition) is 10. The molecule has 2 N–H and O–H groups in total. The number of nitrogens with one attached hydrogen (secondary N) is 1. The second-order valence-corrected chi connectivity index (χ2v) is 5.84. The fourth-order valence-corrected chi connectivity index (χ4v) is 2.98. The van der Waals surface area contributed by atoms with E-state index in [1.807, 2.05) is 13.8 Å². The molecule has 3 rings (SSSR count). The summed E-state index contributed by atoms with van der Waals surface area (Å²) in [4.78, 5) is 40.8. The van der Waals surface area contributed by atoms with Gasteiger partial charge in [-0.3, -0.25) is 15.3 Å². The van der Waals surface area contributed by atoms with Crippen LogP contribution in [0.4, 0.5) is 15.4 Å². The van der Waals surface area contributed by atoms with Crippen molar-refractivity contribution in [3.63, 3.8) is 0 Å². The van der Waals surface area contributed by atoms with Gasteiger partial charge < -0.3 is 23.8 Å². The van der Waals surface area contributed by atoms with Crippen LogP contribution in [0.15, 0.2) is 17.1 Å². The van der Waals surface area contributed by atoms with E-state index in [0.717, 1.165) is 4.57 Å². The molecule has 2 saturated heterocycles. The maximum absolute atomic E-state index is 12.1. The Morgan fingerprint density at radius 3 is 2.67 bits per heavy atom. The standard InChI is InChI=1S/C15H20N4O8/c1-3-18(4-2)14(21)24-7-8-10-11(27-15(22)26-10)12(25-8)19-6-5-9(17-23)16-13(19)20/h5-6,8,10-12,23H,3-4,7H2,1-2H3,(H,16,17,20)/t8-,10-,11-,12-/m1/s1. The number of fused-ring (bicyclic) bond motifs is 1. The highest BCUT2D eigenvalue weighted by atomic mass is 16.8. The summed E-state index contributed by atoms with van der Waals surface area (Å²) in [5, 5.41) is 8.82. The Hall–Kier alpha value is -2.86. The molecule has 27 heavy (non-hydrogen) atoms. The van der Waals surface area contributed by atoms with E-state index in [4.69, 9.17) is 24.2 Å². The van der Waals surface area contributed by atoms with E-state index >= 15 is 0 Å². The van der Waals surface area contributed by atoms with Crippen molar-refractivity contribution in [2.75, 3.05) is 25.2 Å². The van der Waals surface area contributed by atoms with Gasteiger partial charge in [0.25, 0.3) is 0 Å². The molecular weight excluding hydrogens is 364 g/mol. The van der Waals surface area contributed by atoms with E-state index < -0.39 is 42.5 Å². The molecule has 12 heteroatoms. The Morgan fingerprint density at radius 2 is 2.04 bits per heavy atom. The van der Waals surface area contributed by atoms with Crippen molar-refractivity contribution in [2.45, 2.75) is 38.4 Å². The van der Waals surface area contributed by atoms with E-state index in [1.165, 1.54) is 17.2 Å². The smallest absolute Gasteiger partial charge is 0.446 e. The molecule has 0 aliphatic carbocycles. The zero-order chi connectivity index (χ0) is 19.6. The minimum Gasteiger partial charge on any atom is -0.446 e. The van der Waals surface area contributed by atoms with Gasteiger partial charge in [-0.15, -0.1) is 0 Å². The third kappa shape index (κ3) is 3.66. The molecule has 3 heterocycles. The lowest BCUT2D eigenvalue weighted by atomic mass is 10.1. The van der Waals surface area contributed by atoms with Crippen molar-refractivity contribution in [1.29, 1.82) is 0 Å². The number of nitrogens with zero attached hydrogens (tertiary/aromatic N) is 3. The van der Waals surface area contributed by atoms with E-state index in [2.05, 4.69) is 4.98 Å². The summed E-state index contributed by atoms with van der Waals surface area (Å²) in [5.74, 6) is -0.0461. The van der Waals surface area contributed by atoms with Crippen molar-refractivity contribution >= 4 is 18.1 Å². The van der Waals surface area contributed by atoms with Crippen LogP contribution in [0.25, 0.3) is 0 Å². The summed E-state index contributed by atoms with van der Waals surface area (Å²) in [6.07, 6.45) is -3.65. The van der Waals surface area contributed by atoms with Gasteiger partial charge in [0.05, 0.1) is 0 Å². The third-order valence-corrected chi connectivity index (χ3v) is 4.36. The van der Waals surface area contributed by atoms with E-state index in [9.17, 15) is 14.4 Å². The summed E-state index contributed by atoms with van der Waals surface area (Å²) in [7, 11) is 0. The lowest BCUT2D eigenvalue weighted by molar-refractivity contribution is -0.0768. The molecule has 1 aromatic heterocycles. The second kappa shape index (κ2) is 7.80. The molecule has 0 radical (unpaired) electrons. The van der Waals surface area contributed by atoms with Crippen LogP contribution in [0.5, 0.6) is 0 Å².